The Morgan fingerprint density at radius 3 is 2.52 bits per heavy atom. The molecule has 0 saturated carbocycles. The van der Waals surface area contributed by atoms with Crippen molar-refractivity contribution in [2.24, 2.45) is 0 Å². The van der Waals surface area contributed by atoms with Crippen LogP contribution in [0, 0.1) is 0 Å². The Balaban J connectivity index is 1.89. The number of halogens is 3. The van der Waals surface area contributed by atoms with Gasteiger partial charge in [-0.3, -0.25) is 10.1 Å². The summed E-state index contributed by atoms with van der Waals surface area (Å²) in [6.07, 6.45) is -2.42. The number of nitrogens with one attached hydrogen (secondary N) is 1. The maximum atomic E-state index is 12.6. The van der Waals surface area contributed by atoms with Gasteiger partial charge < -0.3 is 0 Å². The monoisotopic (exact) mass is 393 g/mol. The second kappa shape index (κ2) is 6.54. The SMILES string of the molecule is O=C(Nc1nc2ccc(S(=O)(=O)N3CCCCC3)cc2s1)C(F)(F)F. The van der Waals surface area contributed by atoms with Crippen LogP contribution in [0.25, 0.3) is 10.2 Å². The zero-order valence-corrected chi connectivity index (χ0v) is 14.5. The van der Waals surface area contributed by atoms with Crippen molar-refractivity contribution in [2.75, 3.05) is 18.4 Å². The van der Waals surface area contributed by atoms with Crippen LogP contribution in [0.1, 0.15) is 19.3 Å². The van der Waals surface area contributed by atoms with E-state index in [9.17, 15) is 26.4 Å². The Morgan fingerprint density at radius 2 is 1.88 bits per heavy atom. The molecule has 1 aliphatic heterocycles. The fourth-order valence-corrected chi connectivity index (χ4v) is 5.06. The number of rotatable bonds is 3. The van der Waals surface area contributed by atoms with Crippen LogP contribution in [-0.4, -0.2) is 42.9 Å². The van der Waals surface area contributed by atoms with E-state index < -0.39 is 22.1 Å². The van der Waals surface area contributed by atoms with Crippen LogP contribution in [0.5, 0.6) is 0 Å². The molecular weight excluding hydrogens is 379 g/mol. The van der Waals surface area contributed by atoms with Crippen molar-refractivity contribution in [1.29, 1.82) is 0 Å². The average molecular weight is 393 g/mol. The number of alkyl halides is 3. The molecule has 0 spiro atoms. The summed E-state index contributed by atoms with van der Waals surface area (Å²) in [5.41, 5.74) is 0.320. The fourth-order valence-electron chi connectivity index (χ4n) is 2.54. The zero-order chi connectivity index (χ0) is 18.2. The maximum Gasteiger partial charge on any atom is 0.471 e. The van der Waals surface area contributed by atoms with Gasteiger partial charge in [0.05, 0.1) is 15.1 Å². The topological polar surface area (TPSA) is 79.4 Å². The summed E-state index contributed by atoms with van der Waals surface area (Å²) < 4.78 is 64.0. The van der Waals surface area contributed by atoms with Gasteiger partial charge in [-0.2, -0.15) is 17.5 Å². The van der Waals surface area contributed by atoms with E-state index in [1.807, 2.05) is 0 Å². The van der Waals surface area contributed by atoms with Crippen molar-refractivity contribution < 1.29 is 26.4 Å². The molecule has 2 heterocycles. The molecule has 0 aliphatic carbocycles. The van der Waals surface area contributed by atoms with E-state index in [0.29, 0.717) is 23.3 Å². The lowest BCUT2D eigenvalue weighted by Crippen LogP contribution is -2.35. The van der Waals surface area contributed by atoms with E-state index in [1.165, 1.54) is 22.5 Å². The summed E-state index contributed by atoms with van der Waals surface area (Å²) in [6.45, 7) is 0.909. The molecule has 0 unspecified atom stereocenters. The lowest BCUT2D eigenvalue weighted by atomic mass is 10.2. The highest BCUT2D eigenvalue weighted by Crippen LogP contribution is 2.30. The third kappa shape index (κ3) is 3.77. The Kier molecular flexibility index (Phi) is 4.73. The van der Waals surface area contributed by atoms with Gasteiger partial charge >= 0.3 is 12.1 Å². The molecule has 1 N–H and O–H groups in total. The van der Waals surface area contributed by atoms with Gasteiger partial charge in [0.25, 0.3) is 0 Å². The lowest BCUT2D eigenvalue weighted by molar-refractivity contribution is -0.167. The second-order valence-corrected chi connectivity index (χ2v) is 8.53. The average Bonchev–Trinajstić information content (AvgIpc) is 2.96. The standard InChI is InChI=1S/C14H14F3N3O3S2/c15-14(16,17)12(21)19-13-18-10-5-4-9(8-11(10)24-13)25(22,23)20-6-2-1-3-7-20/h4-5,8H,1-3,6-7H2,(H,18,19,21). The van der Waals surface area contributed by atoms with Crippen LogP contribution in [0.4, 0.5) is 18.3 Å². The van der Waals surface area contributed by atoms with E-state index in [4.69, 9.17) is 0 Å². The first-order chi connectivity index (χ1) is 11.7. The minimum absolute atomic E-state index is 0.0687. The second-order valence-electron chi connectivity index (χ2n) is 5.57. The first kappa shape index (κ1) is 18.1. The number of sulfonamides is 1. The predicted octanol–water partition coefficient (Wildman–Crippen LogP) is 2.97. The molecule has 0 atom stereocenters. The van der Waals surface area contributed by atoms with Gasteiger partial charge in [-0.1, -0.05) is 17.8 Å². The van der Waals surface area contributed by atoms with Gasteiger partial charge in [0.1, 0.15) is 0 Å². The van der Waals surface area contributed by atoms with Crippen LogP contribution in [0.3, 0.4) is 0 Å². The molecule has 6 nitrogen and oxygen atoms in total. The van der Waals surface area contributed by atoms with Crippen molar-refractivity contribution in [1.82, 2.24) is 9.29 Å². The Morgan fingerprint density at radius 1 is 1.20 bits per heavy atom. The number of nitrogens with zero attached hydrogens (tertiary/aromatic N) is 2. The normalized spacial score (nSPS) is 16.9. The molecule has 25 heavy (non-hydrogen) atoms. The number of hydrogen-bond acceptors (Lipinski definition) is 5. The maximum absolute atomic E-state index is 12.6. The van der Waals surface area contributed by atoms with Crippen molar-refractivity contribution in [3.8, 4) is 0 Å². The van der Waals surface area contributed by atoms with E-state index >= 15 is 0 Å². The van der Waals surface area contributed by atoms with Crippen molar-refractivity contribution in [3.63, 3.8) is 0 Å². The Hall–Kier alpha value is -1.72. The zero-order valence-electron chi connectivity index (χ0n) is 12.8. The summed E-state index contributed by atoms with van der Waals surface area (Å²) in [7, 11) is -3.65. The molecule has 3 rings (SSSR count). The molecule has 1 aliphatic rings. The summed E-state index contributed by atoms with van der Waals surface area (Å²) in [5.74, 6) is -2.12. The van der Waals surface area contributed by atoms with E-state index in [2.05, 4.69) is 4.98 Å². The molecule has 136 valence electrons. The number of aromatic nitrogens is 1. The number of hydrogen-bond donors (Lipinski definition) is 1. The molecule has 1 fully saturated rings. The molecule has 0 radical (unpaired) electrons. The van der Waals surface area contributed by atoms with Crippen molar-refractivity contribution in [3.05, 3.63) is 18.2 Å². The first-order valence-electron chi connectivity index (χ1n) is 7.47. The van der Waals surface area contributed by atoms with Crippen molar-refractivity contribution in [2.45, 2.75) is 30.3 Å². The van der Waals surface area contributed by atoms with Gasteiger partial charge in [-0.25, -0.2) is 13.4 Å². The Bertz CT molecular complexity index is 903. The Labute approximate surface area is 145 Å². The predicted molar refractivity (Wildman–Crippen MR) is 86.9 cm³/mol. The minimum atomic E-state index is -5.01. The summed E-state index contributed by atoms with van der Waals surface area (Å²) in [5, 5.41) is 1.44. The van der Waals surface area contributed by atoms with Crippen LogP contribution in [-0.2, 0) is 14.8 Å². The van der Waals surface area contributed by atoms with E-state index in [1.54, 1.807) is 5.32 Å². The number of benzene rings is 1. The summed E-state index contributed by atoms with van der Waals surface area (Å²) in [4.78, 5) is 14.9. The van der Waals surface area contributed by atoms with E-state index in [0.717, 1.165) is 30.6 Å². The molecular formula is C14H14F3N3O3S2. The largest absolute Gasteiger partial charge is 0.471 e. The van der Waals surface area contributed by atoms with E-state index in [-0.39, 0.29) is 10.0 Å². The van der Waals surface area contributed by atoms with Gasteiger partial charge in [-0.05, 0) is 31.0 Å². The molecule has 11 heteroatoms. The molecule has 1 amide bonds. The number of fused-ring (bicyclic) bond motifs is 1. The fraction of sp³-hybridized carbons (Fsp3) is 0.429. The number of carbonyl (C=O) groups is 1. The molecule has 2 aromatic rings. The number of amides is 1. The molecule has 1 saturated heterocycles. The van der Waals surface area contributed by atoms with Crippen LogP contribution in [0.2, 0.25) is 0 Å². The smallest absolute Gasteiger partial charge is 0.294 e. The first-order valence-corrected chi connectivity index (χ1v) is 9.72. The summed E-state index contributed by atoms with van der Waals surface area (Å²) in [6, 6.07) is 4.17. The minimum Gasteiger partial charge on any atom is -0.294 e. The van der Waals surface area contributed by atoms with Crippen LogP contribution in [0.15, 0.2) is 23.1 Å². The quantitative estimate of drug-likeness (QED) is 0.870. The third-order valence-electron chi connectivity index (χ3n) is 3.79. The number of thiazole rings is 1. The highest BCUT2D eigenvalue weighted by molar-refractivity contribution is 7.89. The van der Waals surface area contributed by atoms with Crippen molar-refractivity contribution >= 4 is 42.6 Å². The highest BCUT2D eigenvalue weighted by atomic mass is 32.2. The highest BCUT2D eigenvalue weighted by Gasteiger charge is 2.39. The number of piperidine rings is 1. The lowest BCUT2D eigenvalue weighted by Gasteiger charge is -2.25. The van der Waals surface area contributed by atoms with Gasteiger partial charge in [-0.15, -0.1) is 0 Å². The van der Waals surface area contributed by atoms with Crippen LogP contribution < -0.4 is 5.32 Å². The van der Waals surface area contributed by atoms with Gasteiger partial charge in [0.2, 0.25) is 10.0 Å². The number of carbonyl (C=O) groups excluding carboxylic acids is 1. The van der Waals surface area contributed by atoms with Gasteiger partial charge in [0, 0.05) is 13.1 Å². The summed E-state index contributed by atoms with van der Waals surface area (Å²) >= 11 is 0.793. The third-order valence-corrected chi connectivity index (χ3v) is 6.62. The molecule has 1 aromatic heterocycles. The molecule has 1 aromatic carbocycles. The van der Waals surface area contributed by atoms with Crippen LogP contribution >= 0.6 is 11.3 Å². The van der Waals surface area contributed by atoms with Gasteiger partial charge in [0.15, 0.2) is 5.13 Å². The number of anilines is 1. The molecule has 0 bridgehead atoms.